The predicted octanol–water partition coefficient (Wildman–Crippen LogP) is 2.97. The van der Waals surface area contributed by atoms with E-state index in [1.807, 2.05) is 6.07 Å². The number of hydrogen-bond donors (Lipinski definition) is 1. The first-order valence-electron chi connectivity index (χ1n) is 7.28. The number of benzene rings is 1. The molecule has 0 saturated heterocycles. The fourth-order valence-corrected chi connectivity index (χ4v) is 2.79. The first-order valence-corrected chi connectivity index (χ1v) is 7.28. The molecule has 0 amide bonds. The molecular weight excluding hydrogens is 246 g/mol. The van der Waals surface area contributed by atoms with Crippen molar-refractivity contribution in [2.24, 2.45) is 0 Å². The van der Waals surface area contributed by atoms with Gasteiger partial charge in [-0.2, -0.15) is 0 Å². The normalized spacial score (nSPS) is 14.3. The second-order valence-electron chi connectivity index (χ2n) is 5.87. The van der Waals surface area contributed by atoms with E-state index >= 15 is 0 Å². The number of nitrogens with zero attached hydrogens (tertiary/aromatic N) is 2. The molecule has 3 heteroatoms. The molecule has 3 rings (SSSR count). The van der Waals surface area contributed by atoms with Crippen LogP contribution < -0.4 is 5.32 Å². The molecule has 0 aliphatic carbocycles. The van der Waals surface area contributed by atoms with Crippen molar-refractivity contribution in [1.82, 2.24) is 15.3 Å². The Bertz CT molecular complexity index is 618. The van der Waals surface area contributed by atoms with Crippen molar-refractivity contribution in [3.05, 3.63) is 58.7 Å². The second kappa shape index (κ2) is 4.98. The van der Waals surface area contributed by atoms with Crippen molar-refractivity contribution >= 4 is 0 Å². The van der Waals surface area contributed by atoms with Gasteiger partial charge in [0, 0.05) is 29.8 Å². The number of nitrogens with one attached hydrogen (secondary N) is 1. The molecule has 20 heavy (non-hydrogen) atoms. The Hall–Kier alpha value is -1.74. The van der Waals surface area contributed by atoms with E-state index in [0.717, 1.165) is 25.3 Å². The number of hydrogen-bond acceptors (Lipinski definition) is 3. The van der Waals surface area contributed by atoms with Crippen LogP contribution in [0.5, 0.6) is 0 Å². The van der Waals surface area contributed by atoms with Gasteiger partial charge >= 0.3 is 0 Å². The van der Waals surface area contributed by atoms with Crippen molar-refractivity contribution in [2.75, 3.05) is 0 Å². The lowest BCUT2D eigenvalue weighted by molar-refractivity contribution is 0.580. The van der Waals surface area contributed by atoms with E-state index < -0.39 is 0 Å². The van der Waals surface area contributed by atoms with Crippen molar-refractivity contribution in [3.63, 3.8) is 0 Å². The summed E-state index contributed by atoms with van der Waals surface area (Å²) >= 11 is 0. The standard InChI is InChI=1S/C17H21N3/c1-4-14-13-10-18-11-15(13)20-16(19-14)17(2,3)12-8-6-5-7-9-12/h5-9,18H,4,10-11H2,1-3H3. The van der Waals surface area contributed by atoms with E-state index in [-0.39, 0.29) is 5.41 Å². The first kappa shape index (κ1) is 13.3. The predicted molar refractivity (Wildman–Crippen MR) is 80.5 cm³/mol. The van der Waals surface area contributed by atoms with Crippen LogP contribution in [-0.2, 0) is 24.9 Å². The zero-order chi connectivity index (χ0) is 14.2. The lowest BCUT2D eigenvalue weighted by atomic mass is 9.83. The van der Waals surface area contributed by atoms with Gasteiger partial charge in [0.15, 0.2) is 0 Å². The van der Waals surface area contributed by atoms with Crippen molar-refractivity contribution in [3.8, 4) is 0 Å². The summed E-state index contributed by atoms with van der Waals surface area (Å²) in [5.74, 6) is 0.933. The van der Waals surface area contributed by atoms with Crippen LogP contribution in [0.3, 0.4) is 0 Å². The van der Waals surface area contributed by atoms with E-state index in [0.29, 0.717) is 0 Å². The smallest absolute Gasteiger partial charge is 0.138 e. The molecule has 1 aromatic carbocycles. The SMILES string of the molecule is CCc1nc(C(C)(C)c2ccccc2)nc2c1CNC2. The molecule has 0 saturated carbocycles. The molecule has 0 atom stereocenters. The van der Waals surface area contributed by atoms with E-state index in [1.165, 1.54) is 22.5 Å². The molecule has 1 N–H and O–H groups in total. The Labute approximate surface area is 120 Å². The molecule has 2 heterocycles. The quantitative estimate of drug-likeness (QED) is 0.929. The van der Waals surface area contributed by atoms with Gasteiger partial charge in [0.25, 0.3) is 0 Å². The Balaban J connectivity index is 2.10. The molecule has 1 aliphatic heterocycles. The maximum atomic E-state index is 4.86. The highest BCUT2D eigenvalue weighted by Gasteiger charge is 2.29. The topological polar surface area (TPSA) is 37.8 Å². The van der Waals surface area contributed by atoms with Crippen LogP contribution >= 0.6 is 0 Å². The van der Waals surface area contributed by atoms with Crippen LogP contribution in [0, 0.1) is 0 Å². The van der Waals surface area contributed by atoms with Gasteiger partial charge in [0.2, 0.25) is 0 Å². The monoisotopic (exact) mass is 267 g/mol. The van der Waals surface area contributed by atoms with Crippen LogP contribution in [0.15, 0.2) is 30.3 Å². The third-order valence-electron chi connectivity index (χ3n) is 4.16. The summed E-state index contributed by atoms with van der Waals surface area (Å²) in [6, 6.07) is 10.5. The fourth-order valence-electron chi connectivity index (χ4n) is 2.79. The molecule has 2 aromatic rings. The summed E-state index contributed by atoms with van der Waals surface area (Å²) in [5.41, 5.74) is 4.77. The summed E-state index contributed by atoms with van der Waals surface area (Å²) < 4.78 is 0. The van der Waals surface area contributed by atoms with E-state index in [2.05, 4.69) is 50.4 Å². The van der Waals surface area contributed by atoms with E-state index in [4.69, 9.17) is 9.97 Å². The summed E-state index contributed by atoms with van der Waals surface area (Å²) in [7, 11) is 0. The Morgan fingerprint density at radius 2 is 1.85 bits per heavy atom. The molecule has 0 spiro atoms. The number of rotatable bonds is 3. The minimum Gasteiger partial charge on any atom is -0.307 e. The zero-order valence-electron chi connectivity index (χ0n) is 12.4. The van der Waals surface area contributed by atoms with E-state index in [1.54, 1.807) is 0 Å². The maximum absolute atomic E-state index is 4.86. The molecular formula is C17H21N3. The average Bonchev–Trinajstić information content (AvgIpc) is 2.95. The highest BCUT2D eigenvalue weighted by molar-refractivity contribution is 5.35. The highest BCUT2D eigenvalue weighted by atomic mass is 15.0. The number of fused-ring (bicyclic) bond motifs is 1. The second-order valence-corrected chi connectivity index (χ2v) is 5.87. The van der Waals surface area contributed by atoms with Crippen LogP contribution in [0.4, 0.5) is 0 Å². The van der Waals surface area contributed by atoms with Crippen molar-refractivity contribution in [1.29, 1.82) is 0 Å². The van der Waals surface area contributed by atoms with Crippen LogP contribution in [0.1, 0.15) is 49.1 Å². The van der Waals surface area contributed by atoms with Gasteiger partial charge in [-0.05, 0) is 25.8 Å². The van der Waals surface area contributed by atoms with Crippen LogP contribution in [0.25, 0.3) is 0 Å². The molecule has 0 bridgehead atoms. The fraction of sp³-hybridized carbons (Fsp3) is 0.412. The molecule has 3 nitrogen and oxygen atoms in total. The number of aryl methyl sites for hydroxylation is 1. The lowest BCUT2D eigenvalue weighted by Gasteiger charge is -2.25. The minimum absolute atomic E-state index is 0.164. The van der Waals surface area contributed by atoms with Crippen LogP contribution in [-0.4, -0.2) is 9.97 Å². The summed E-state index contributed by atoms with van der Waals surface area (Å²) in [5, 5.41) is 3.38. The van der Waals surface area contributed by atoms with Crippen LogP contribution in [0.2, 0.25) is 0 Å². The Kier molecular flexibility index (Phi) is 3.30. The van der Waals surface area contributed by atoms with Gasteiger partial charge in [-0.15, -0.1) is 0 Å². The van der Waals surface area contributed by atoms with Gasteiger partial charge < -0.3 is 5.32 Å². The third kappa shape index (κ3) is 2.12. The average molecular weight is 267 g/mol. The lowest BCUT2D eigenvalue weighted by Crippen LogP contribution is -2.24. The highest BCUT2D eigenvalue weighted by Crippen LogP contribution is 2.30. The summed E-state index contributed by atoms with van der Waals surface area (Å²) in [6.07, 6.45) is 0.963. The molecule has 1 aromatic heterocycles. The summed E-state index contributed by atoms with van der Waals surface area (Å²) in [6.45, 7) is 8.34. The van der Waals surface area contributed by atoms with Gasteiger partial charge in [-0.25, -0.2) is 9.97 Å². The minimum atomic E-state index is -0.164. The van der Waals surface area contributed by atoms with Crippen molar-refractivity contribution < 1.29 is 0 Å². The third-order valence-corrected chi connectivity index (χ3v) is 4.16. The van der Waals surface area contributed by atoms with Gasteiger partial charge in [-0.3, -0.25) is 0 Å². The molecule has 104 valence electrons. The van der Waals surface area contributed by atoms with Gasteiger partial charge in [0.1, 0.15) is 5.82 Å². The Morgan fingerprint density at radius 1 is 1.10 bits per heavy atom. The van der Waals surface area contributed by atoms with Gasteiger partial charge in [0.05, 0.1) is 5.69 Å². The summed E-state index contributed by atoms with van der Waals surface area (Å²) in [4.78, 5) is 9.70. The maximum Gasteiger partial charge on any atom is 0.138 e. The number of aromatic nitrogens is 2. The zero-order valence-corrected chi connectivity index (χ0v) is 12.4. The Morgan fingerprint density at radius 3 is 2.55 bits per heavy atom. The molecule has 0 radical (unpaired) electrons. The largest absolute Gasteiger partial charge is 0.307 e. The van der Waals surface area contributed by atoms with Gasteiger partial charge in [-0.1, -0.05) is 37.3 Å². The first-order chi connectivity index (χ1) is 9.63. The molecule has 0 fully saturated rings. The van der Waals surface area contributed by atoms with Crippen molar-refractivity contribution in [2.45, 2.75) is 45.7 Å². The van der Waals surface area contributed by atoms with E-state index in [9.17, 15) is 0 Å². The molecule has 1 aliphatic rings. The molecule has 0 unspecified atom stereocenters.